The third-order valence-corrected chi connectivity index (χ3v) is 4.00. The summed E-state index contributed by atoms with van der Waals surface area (Å²) in [5.41, 5.74) is 0. The van der Waals surface area contributed by atoms with Crippen LogP contribution < -0.4 is 4.72 Å². The molecule has 5 nitrogen and oxygen atoms in total. The number of carboxylic acid groups (broad SMARTS) is 1. The van der Waals surface area contributed by atoms with E-state index in [2.05, 4.69) is 4.72 Å². The van der Waals surface area contributed by atoms with Gasteiger partial charge in [-0.3, -0.25) is 4.79 Å². The minimum atomic E-state index is -3.21. The van der Waals surface area contributed by atoms with Crippen molar-refractivity contribution >= 4 is 16.0 Å². The number of hydrogen-bond donors (Lipinski definition) is 2. The van der Waals surface area contributed by atoms with E-state index >= 15 is 0 Å². The van der Waals surface area contributed by atoms with Crippen LogP contribution >= 0.6 is 0 Å². The molecule has 1 unspecified atom stereocenters. The predicted molar refractivity (Wildman–Crippen MR) is 56.0 cm³/mol. The SMILES string of the molecule is CC(CCC(=O)O)NS(=O)(=O)CC1CC1. The van der Waals surface area contributed by atoms with Crippen LogP contribution in [0.25, 0.3) is 0 Å². The Balaban J connectivity index is 2.28. The molecule has 88 valence electrons. The van der Waals surface area contributed by atoms with Gasteiger partial charge in [0.15, 0.2) is 0 Å². The second-order valence-electron chi connectivity index (χ2n) is 4.18. The van der Waals surface area contributed by atoms with Crippen molar-refractivity contribution in [2.24, 2.45) is 5.92 Å². The molecule has 2 N–H and O–H groups in total. The van der Waals surface area contributed by atoms with Gasteiger partial charge < -0.3 is 5.11 Å². The van der Waals surface area contributed by atoms with E-state index in [1.165, 1.54) is 0 Å². The van der Waals surface area contributed by atoms with Gasteiger partial charge in [-0.2, -0.15) is 0 Å². The summed E-state index contributed by atoms with van der Waals surface area (Å²) in [6, 6.07) is -0.301. The molecule has 15 heavy (non-hydrogen) atoms. The molecule has 0 radical (unpaired) electrons. The van der Waals surface area contributed by atoms with Gasteiger partial charge in [0, 0.05) is 12.5 Å². The summed E-state index contributed by atoms with van der Waals surface area (Å²) in [5, 5.41) is 8.44. The maximum absolute atomic E-state index is 11.5. The first-order valence-corrected chi connectivity index (χ1v) is 6.76. The molecule has 0 spiro atoms. The normalized spacial score (nSPS) is 18.7. The van der Waals surface area contributed by atoms with Crippen LogP contribution in [0.2, 0.25) is 0 Å². The van der Waals surface area contributed by atoms with Gasteiger partial charge in [-0.25, -0.2) is 13.1 Å². The Morgan fingerprint density at radius 3 is 2.60 bits per heavy atom. The molecule has 0 aliphatic heterocycles. The molecule has 0 aromatic heterocycles. The molecular formula is C9H17NO4S. The molecule has 6 heteroatoms. The number of hydrogen-bond acceptors (Lipinski definition) is 3. The van der Waals surface area contributed by atoms with Crippen molar-refractivity contribution in [1.29, 1.82) is 0 Å². The van der Waals surface area contributed by atoms with Crippen molar-refractivity contribution in [3.63, 3.8) is 0 Å². The van der Waals surface area contributed by atoms with Crippen LogP contribution in [-0.2, 0) is 14.8 Å². The number of carbonyl (C=O) groups is 1. The summed E-state index contributed by atoms with van der Waals surface area (Å²) in [5.74, 6) is -0.401. The van der Waals surface area contributed by atoms with Gasteiger partial charge in [-0.05, 0) is 32.1 Å². The Kier molecular flexibility index (Phi) is 4.10. The smallest absolute Gasteiger partial charge is 0.303 e. The summed E-state index contributed by atoms with van der Waals surface area (Å²) < 4.78 is 25.4. The highest BCUT2D eigenvalue weighted by molar-refractivity contribution is 7.89. The fraction of sp³-hybridized carbons (Fsp3) is 0.889. The summed E-state index contributed by atoms with van der Waals surface area (Å²) in [6.45, 7) is 1.69. The van der Waals surface area contributed by atoms with E-state index in [9.17, 15) is 13.2 Å². The van der Waals surface area contributed by atoms with Crippen LogP contribution in [0.1, 0.15) is 32.6 Å². The summed E-state index contributed by atoms with van der Waals surface area (Å²) in [4.78, 5) is 10.3. The summed E-state index contributed by atoms with van der Waals surface area (Å²) in [7, 11) is -3.21. The van der Waals surface area contributed by atoms with Crippen molar-refractivity contribution in [1.82, 2.24) is 4.72 Å². The average molecular weight is 235 g/mol. The molecule has 1 saturated carbocycles. The van der Waals surface area contributed by atoms with Crippen molar-refractivity contribution in [2.75, 3.05) is 5.75 Å². The number of carboxylic acids is 1. The average Bonchev–Trinajstić information content (AvgIpc) is 2.82. The Hall–Kier alpha value is -0.620. The first-order chi connectivity index (χ1) is 6.89. The third-order valence-electron chi connectivity index (χ3n) is 2.32. The first kappa shape index (κ1) is 12.4. The Morgan fingerprint density at radius 2 is 2.13 bits per heavy atom. The van der Waals surface area contributed by atoms with E-state index < -0.39 is 16.0 Å². The molecule has 0 aromatic rings. The predicted octanol–water partition coefficient (Wildman–Crippen LogP) is 0.569. The van der Waals surface area contributed by atoms with Gasteiger partial charge in [-0.1, -0.05) is 0 Å². The number of nitrogens with one attached hydrogen (secondary N) is 1. The first-order valence-electron chi connectivity index (χ1n) is 5.11. The molecule has 1 aliphatic rings. The molecule has 0 heterocycles. The molecule has 1 fully saturated rings. The number of rotatable bonds is 7. The number of aliphatic carboxylic acids is 1. The van der Waals surface area contributed by atoms with E-state index in [1.807, 2.05) is 0 Å². The topological polar surface area (TPSA) is 83.5 Å². The molecule has 0 saturated heterocycles. The lowest BCUT2D eigenvalue weighted by Gasteiger charge is -2.12. The number of sulfonamides is 1. The van der Waals surface area contributed by atoms with Gasteiger partial charge in [0.2, 0.25) is 10.0 Å². The van der Waals surface area contributed by atoms with E-state index in [0.717, 1.165) is 12.8 Å². The van der Waals surface area contributed by atoms with E-state index in [0.29, 0.717) is 12.3 Å². The second kappa shape index (κ2) is 4.94. The minimum Gasteiger partial charge on any atom is -0.481 e. The Labute approximate surface area is 89.9 Å². The quantitative estimate of drug-likeness (QED) is 0.675. The van der Waals surface area contributed by atoms with Crippen LogP contribution in [0.3, 0.4) is 0 Å². The van der Waals surface area contributed by atoms with Crippen LogP contribution in [0.5, 0.6) is 0 Å². The van der Waals surface area contributed by atoms with E-state index in [4.69, 9.17) is 5.11 Å². The molecule has 1 aliphatic carbocycles. The Morgan fingerprint density at radius 1 is 1.53 bits per heavy atom. The van der Waals surface area contributed by atoms with Crippen LogP contribution in [0, 0.1) is 5.92 Å². The van der Waals surface area contributed by atoms with Gasteiger partial charge in [0.1, 0.15) is 0 Å². The zero-order chi connectivity index (χ0) is 11.5. The standard InChI is InChI=1S/C9H17NO4S/c1-7(2-5-9(11)12)10-15(13,14)6-8-3-4-8/h7-8,10H,2-6H2,1H3,(H,11,12). The zero-order valence-electron chi connectivity index (χ0n) is 8.77. The third kappa shape index (κ3) is 5.74. The maximum atomic E-state index is 11.5. The van der Waals surface area contributed by atoms with Crippen molar-refractivity contribution in [2.45, 2.75) is 38.6 Å². The van der Waals surface area contributed by atoms with Crippen molar-refractivity contribution in [3.05, 3.63) is 0 Å². The van der Waals surface area contributed by atoms with Crippen molar-refractivity contribution in [3.8, 4) is 0 Å². The largest absolute Gasteiger partial charge is 0.481 e. The monoisotopic (exact) mass is 235 g/mol. The lowest BCUT2D eigenvalue weighted by atomic mass is 10.2. The zero-order valence-corrected chi connectivity index (χ0v) is 9.59. The van der Waals surface area contributed by atoms with Crippen molar-refractivity contribution < 1.29 is 18.3 Å². The van der Waals surface area contributed by atoms with Crippen LogP contribution in [0.15, 0.2) is 0 Å². The van der Waals surface area contributed by atoms with Gasteiger partial charge in [0.25, 0.3) is 0 Å². The fourth-order valence-electron chi connectivity index (χ4n) is 1.35. The van der Waals surface area contributed by atoms with E-state index in [-0.39, 0.29) is 18.2 Å². The maximum Gasteiger partial charge on any atom is 0.303 e. The fourth-order valence-corrected chi connectivity index (χ4v) is 3.13. The highest BCUT2D eigenvalue weighted by atomic mass is 32.2. The second-order valence-corrected chi connectivity index (χ2v) is 5.97. The lowest BCUT2D eigenvalue weighted by Crippen LogP contribution is -2.35. The van der Waals surface area contributed by atoms with Gasteiger partial charge in [-0.15, -0.1) is 0 Å². The molecule has 0 aromatic carbocycles. The lowest BCUT2D eigenvalue weighted by molar-refractivity contribution is -0.137. The highest BCUT2D eigenvalue weighted by Gasteiger charge is 2.28. The van der Waals surface area contributed by atoms with Gasteiger partial charge in [0.05, 0.1) is 5.75 Å². The molecule has 0 bridgehead atoms. The molecule has 1 atom stereocenters. The van der Waals surface area contributed by atoms with Crippen LogP contribution in [0.4, 0.5) is 0 Å². The molecular weight excluding hydrogens is 218 g/mol. The van der Waals surface area contributed by atoms with Gasteiger partial charge >= 0.3 is 5.97 Å². The summed E-state index contributed by atoms with van der Waals surface area (Å²) >= 11 is 0. The molecule has 0 amide bonds. The Bertz CT molecular complexity index is 321. The van der Waals surface area contributed by atoms with E-state index in [1.54, 1.807) is 6.92 Å². The highest BCUT2D eigenvalue weighted by Crippen LogP contribution is 2.30. The van der Waals surface area contributed by atoms with Crippen LogP contribution in [-0.4, -0.2) is 31.3 Å². The summed E-state index contributed by atoms with van der Waals surface area (Å²) in [6.07, 6.45) is 2.31. The molecule has 1 rings (SSSR count). The minimum absolute atomic E-state index is 0.00683.